The molecule has 2 fully saturated rings. The van der Waals surface area contributed by atoms with E-state index in [0.717, 1.165) is 72.4 Å². The molecule has 2 heterocycles. The first-order valence-corrected chi connectivity index (χ1v) is 16.3. The maximum absolute atomic E-state index is 14.3. The van der Waals surface area contributed by atoms with Gasteiger partial charge in [-0.2, -0.15) is 5.26 Å². The fourth-order valence-electron chi connectivity index (χ4n) is 5.83. The molecule has 0 aromatic heterocycles. The van der Waals surface area contributed by atoms with E-state index in [1.807, 2.05) is 70.2 Å². The smallest absolute Gasteiger partial charge is 0.254 e. The average molecular weight is 592 g/mol. The summed E-state index contributed by atoms with van der Waals surface area (Å²) < 4.78 is 0. The number of phenolic OH excluding ortho intramolecular Hbond substituents is 1. The van der Waals surface area contributed by atoms with Crippen LogP contribution in [0, 0.1) is 18.3 Å². The third-order valence-electron chi connectivity index (χ3n) is 8.07. The van der Waals surface area contributed by atoms with Gasteiger partial charge in [0.1, 0.15) is 5.75 Å². The van der Waals surface area contributed by atoms with Gasteiger partial charge in [0.2, 0.25) is 0 Å². The number of likely N-dealkylation sites (tertiary alicyclic amines) is 2. The first-order valence-electron chi connectivity index (χ1n) is 16.3. The summed E-state index contributed by atoms with van der Waals surface area (Å²) in [6.45, 7) is 14.1. The summed E-state index contributed by atoms with van der Waals surface area (Å²) in [6, 6.07) is 23.4. The summed E-state index contributed by atoms with van der Waals surface area (Å²) in [5.41, 5.74) is 6.45. The Balaban J connectivity index is 0.00000127. The molecule has 0 bridgehead atoms. The third-order valence-corrected chi connectivity index (χ3v) is 8.07. The molecule has 0 unspecified atom stereocenters. The molecule has 1 amide bonds. The summed E-state index contributed by atoms with van der Waals surface area (Å²) in [4.78, 5) is 18.9. The van der Waals surface area contributed by atoms with Crippen LogP contribution in [0.15, 0.2) is 78.9 Å². The minimum atomic E-state index is 0.111. The highest BCUT2D eigenvalue weighted by Gasteiger charge is 2.33. The SMILES string of the molecule is CC.CC.Cc1ccc(-c2ccc(C#N)cc2)cc1/C(=C\C/C=C/c1ccc(O)cc1)C(=O)N1CCC[C@H]1CN1CCCC1. The van der Waals surface area contributed by atoms with Crippen LogP contribution in [0.1, 0.15) is 82.1 Å². The van der Waals surface area contributed by atoms with Crippen LogP contribution < -0.4 is 0 Å². The normalized spacial score (nSPS) is 16.6. The second-order valence-electron chi connectivity index (χ2n) is 10.9. The highest BCUT2D eigenvalue weighted by molar-refractivity contribution is 6.20. The van der Waals surface area contributed by atoms with E-state index in [2.05, 4.69) is 53.1 Å². The summed E-state index contributed by atoms with van der Waals surface area (Å²) in [5, 5.41) is 18.8. The number of benzene rings is 3. The van der Waals surface area contributed by atoms with Crippen molar-refractivity contribution < 1.29 is 9.90 Å². The van der Waals surface area contributed by atoms with E-state index < -0.39 is 0 Å². The minimum Gasteiger partial charge on any atom is -0.508 e. The number of nitriles is 1. The molecule has 0 aliphatic carbocycles. The van der Waals surface area contributed by atoms with Crippen molar-refractivity contribution in [3.63, 3.8) is 0 Å². The van der Waals surface area contributed by atoms with E-state index in [0.29, 0.717) is 12.0 Å². The van der Waals surface area contributed by atoms with Crippen LogP contribution >= 0.6 is 0 Å². The van der Waals surface area contributed by atoms with Crippen molar-refractivity contribution in [2.75, 3.05) is 26.2 Å². The van der Waals surface area contributed by atoms with E-state index in [4.69, 9.17) is 0 Å². The largest absolute Gasteiger partial charge is 0.508 e. The topological polar surface area (TPSA) is 67.6 Å². The Hall–Kier alpha value is -4.14. The first kappa shape index (κ1) is 34.4. The quantitative estimate of drug-likeness (QED) is 0.266. The Bertz CT molecular complexity index is 1430. The molecule has 3 aromatic rings. The molecule has 5 nitrogen and oxygen atoms in total. The van der Waals surface area contributed by atoms with Crippen molar-refractivity contribution in [2.45, 2.75) is 72.8 Å². The third kappa shape index (κ3) is 9.18. The molecule has 3 aromatic carbocycles. The number of rotatable bonds is 8. The molecule has 1 N–H and O–H groups in total. The highest BCUT2D eigenvalue weighted by atomic mass is 16.3. The van der Waals surface area contributed by atoms with E-state index in [1.54, 1.807) is 12.1 Å². The lowest BCUT2D eigenvalue weighted by Gasteiger charge is -2.29. The number of aromatic hydroxyl groups is 1. The summed E-state index contributed by atoms with van der Waals surface area (Å²) in [7, 11) is 0. The van der Waals surface area contributed by atoms with E-state index in [9.17, 15) is 15.2 Å². The number of carbonyl (C=O) groups is 1. The van der Waals surface area contributed by atoms with Crippen LogP contribution in [0.5, 0.6) is 5.75 Å². The van der Waals surface area contributed by atoms with Crippen molar-refractivity contribution >= 4 is 17.6 Å². The molecule has 2 saturated heterocycles. The second kappa shape index (κ2) is 17.9. The van der Waals surface area contributed by atoms with Crippen LogP contribution in [0.25, 0.3) is 22.8 Å². The number of phenols is 1. The van der Waals surface area contributed by atoms with Crippen LogP contribution in [-0.4, -0.2) is 53.0 Å². The van der Waals surface area contributed by atoms with E-state index in [-0.39, 0.29) is 17.7 Å². The van der Waals surface area contributed by atoms with Gasteiger partial charge in [-0.15, -0.1) is 0 Å². The van der Waals surface area contributed by atoms with Gasteiger partial charge in [0, 0.05) is 24.7 Å². The Morgan fingerprint density at radius 2 is 1.57 bits per heavy atom. The summed E-state index contributed by atoms with van der Waals surface area (Å²) in [6.07, 6.45) is 11.4. The zero-order valence-corrected chi connectivity index (χ0v) is 27.2. The van der Waals surface area contributed by atoms with E-state index >= 15 is 0 Å². The molecule has 5 heteroatoms. The van der Waals surface area contributed by atoms with Gasteiger partial charge in [-0.05, 0) is 110 Å². The molecule has 2 aliphatic heterocycles. The van der Waals surface area contributed by atoms with E-state index in [1.165, 1.54) is 12.8 Å². The number of hydrogen-bond acceptors (Lipinski definition) is 4. The van der Waals surface area contributed by atoms with Gasteiger partial charge in [-0.3, -0.25) is 4.79 Å². The maximum atomic E-state index is 14.3. The van der Waals surface area contributed by atoms with Crippen molar-refractivity contribution in [3.8, 4) is 22.9 Å². The number of hydrogen-bond donors (Lipinski definition) is 1. The lowest BCUT2D eigenvalue weighted by atomic mass is 9.93. The number of allylic oxidation sites excluding steroid dienone is 2. The Labute approximate surface area is 265 Å². The minimum absolute atomic E-state index is 0.111. The van der Waals surface area contributed by atoms with Gasteiger partial charge < -0.3 is 14.9 Å². The zero-order chi connectivity index (χ0) is 31.9. The molecular weight excluding hydrogens is 542 g/mol. The Kier molecular flexibility index (Phi) is 13.9. The molecule has 0 radical (unpaired) electrons. The van der Waals surface area contributed by atoms with Gasteiger partial charge >= 0.3 is 0 Å². The molecule has 2 aliphatic rings. The number of nitrogens with zero attached hydrogens (tertiary/aromatic N) is 3. The van der Waals surface area contributed by atoms with Crippen LogP contribution in [0.3, 0.4) is 0 Å². The van der Waals surface area contributed by atoms with Gasteiger partial charge in [-0.25, -0.2) is 0 Å². The first-order chi connectivity index (χ1) is 21.5. The fraction of sp³-hybridized carbons (Fsp3) is 0.385. The number of amides is 1. The molecular formula is C39H49N3O2. The van der Waals surface area contributed by atoms with Gasteiger partial charge in [0.25, 0.3) is 5.91 Å². The lowest BCUT2D eigenvalue weighted by molar-refractivity contribution is -0.126. The highest BCUT2D eigenvalue weighted by Crippen LogP contribution is 2.31. The Morgan fingerprint density at radius 3 is 2.23 bits per heavy atom. The Morgan fingerprint density at radius 1 is 0.909 bits per heavy atom. The number of aryl methyl sites for hydroxylation is 1. The van der Waals surface area contributed by atoms with Gasteiger partial charge in [0.05, 0.1) is 11.6 Å². The zero-order valence-electron chi connectivity index (χ0n) is 27.2. The van der Waals surface area contributed by atoms with Gasteiger partial charge in [0.15, 0.2) is 0 Å². The molecule has 232 valence electrons. The molecule has 0 saturated carbocycles. The predicted molar refractivity (Wildman–Crippen MR) is 184 cm³/mol. The number of carbonyl (C=O) groups excluding carboxylic acids is 1. The van der Waals surface area contributed by atoms with Crippen molar-refractivity contribution in [1.82, 2.24) is 9.80 Å². The van der Waals surface area contributed by atoms with Crippen molar-refractivity contribution in [2.24, 2.45) is 0 Å². The summed E-state index contributed by atoms with van der Waals surface area (Å²) in [5.74, 6) is 0.358. The summed E-state index contributed by atoms with van der Waals surface area (Å²) >= 11 is 0. The standard InChI is InChI=1S/C35H37N3O2.2C2H6/c1-26-10-15-30(29-16-11-28(24-36)12-17-29)23-34(26)33(9-3-2-7-27-13-18-32(39)19-14-27)35(40)38-22-6-8-31(38)25-37-20-4-5-21-37;2*1-2/h2,7,9-19,23,31,39H,3-6,8,20-22,25H2,1H3;2*1-2H3/b7-2+,33-9+;;/t31-;;/m0../s1. The average Bonchev–Trinajstić information content (AvgIpc) is 3.77. The van der Waals surface area contributed by atoms with Gasteiger partial charge in [-0.1, -0.05) is 82.3 Å². The maximum Gasteiger partial charge on any atom is 0.254 e. The molecule has 0 spiro atoms. The molecule has 44 heavy (non-hydrogen) atoms. The fourth-order valence-corrected chi connectivity index (χ4v) is 5.83. The van der Waals surface area contributed by atoms with Crippen LogP contribution in [0.2, 0.25) is 0 Å². The monoisotopic (exact) mass is 591 g/mol. The molecule has 5 rings (SSSR count). The lowest BCUT2D eigenvalue weighted by Crippen LogP contribution is -2.42. The van der Waals surface area contributed by atoms with Crippen LogP contribution in [0.4, 0.5) is 0 Å². The molecule has 1 atom stereocenters. The van der Waals surface area contributed by atoms with Crippen molar-refractivity contribution in [1.29, 1.82) is 5.26 Å². The second-order valence-corrected chi connectivity index (χ2v) is 10.9. The van der Waals surface area contributed by atoms with Crippen LogP contribution in [-0.2, 0) is 4.79 Å². The van der Waals surface area contributed by atoms with Crippen molar-refractivity contribution in [3.05, 3.63) is 101 Å². The predicted octanol–water partition coefficient (Wildman–Crippen LogP) is 8.87.